The molecule has 0 spiro atoms. The molecule has 4 heteroatoms. The fraction of sp³-hybridized carbons (Fsp3) is 0.923. The number of aliphatic hydroxyl groups is 2. The van der Waals surface area contributed by atoms with Crippen LogP contribution in [0.3, 0.4) is 0 Å². The zero-order valence-electron chi connectivity index (χ0n) is 10.9. The Kier molecular flexibility index (Phi) is 5.40. The van der Waals surface area contributed by atoms with E-state index in [1.807, 2.05) is 0 Å². The van der Waals surface area contributed by atoms with E-state index in [9.17, 15) is 9.90 Å². The van der Waals surface area contributed by atoms with E-state index in [0.717, 1.165) is 25.7 Å². The topological polar surface area (TPSA) is 69.6 Å². The molecule has 0 aromatic rings. The molecule has 0 aromatic carbocycles. The van der Waals surface area contributed by atoms with Crippen molar-refractivity contribution in [2.24, 2.45) is 5.92 Å². The Hall–Kier alpha value is -0.610. The van der Waals surface area contributed by atoms with E-state index in [0.29, 0.717) is 25.3 Å². The largest absolute Gasteiger partial charge is 0.393 e. The van der Waals surface area contributed by atoms with Crippen molar-refractivity contribution in [2.45, 2.75) is 64.1 Å². The fourth-order valence-electron chi connectivity index (χ4n) is 2.48. The van der Waals surface area contributed by atoms with Gasteiger partial charge in [0.2, 0.25) is 5.91 Å². The lowest BCUT2D eigenvalue weighted by atomic mass is 9.79. The highest BCUT2D eigenvalue weighted by molar-refractivity contribution is 5.75. The number of carbonyl (C=O) groups is 1. The van der Waals surface area contributed by atoms with E-state index in [2.05, 4.69) is 12.2 Å². The van der Waals surface area contributed by atoms with Gasteiger partial charge in [-0.2, -0.15) is 0 Å². The molecule has 0 saturated heterocycles. The Labute approximate surface area is 103 Å². The van der Waals surface area contributed by atoms with Crippen LogP contribution in [0.25, 0.3) is 0 Å². The smallest absolute Gasteiger partial charge is 0.220 e. The lowest BCUT2D eigenvalue weighted by molar-refractivity contribution is -0.123. The summed E-state index contributed by atoms with van der Waals surface area (Å²) in [6, 6.07) is 0. The summed E-state index contributed by atoms with van der Waals surface area (Å²) in [4.78, 5) is 11.5. The number of carbonyl (C=O) groups excluding carboxylic acids is 1. The second kappa shape index (κ2) is 6.36. The molecule has 0 aliphatic heterocycles. The molecule has 0 radical (unpaired) electrons. The van der Waals surface area contributed by atoms with Crippen molar-refractivity contribution in [1.82, 2.24) is 5.32 Å². The third kappa shape index (κ3) is 5.50. The third-order valence-corrected chi connectivity index (χ3v) is 3.47. The van der Waals surface area contributed by atoms with Crippen LogP contribution in [0.4, 0.5) is 0 Å². The van der Waals surface area contributed by atoms with Crippen molar-refractivity contribution in [2.75, 3.05) is 6.54 Å². The molecule has 100 valence electrons. The molecule has 0 bridgehead atoms. The van der Waals surface area contributed by atoms with Gasteiger partial charge in [0.1, 0.15) is 0 Å². The first-order valence-corrected chi connectivity index (χ1v) is 6.58. The first-order valence-electron chi connectivity index (χ1n) is 6.58. The maximum absolute atomic E-state index is 11.5. The number of nitrogens with one attached hydrogen (secondary N) is 1. The zero-order valence-corrected chi connectivity index (χ0v) is 10.9. The summed E-state index contributed by atoms with van der Waals surface area (Å²) in [6.45, 7) is 4.15. The van der Waals surface area contributed by atoms with Gasteiger partial charge in [-0.1, -0.05) is 19.8 Å². The number of hydrogen-bond acceptors (Lipinski definition) is 3. The Morgan fingerprint density at radius 3 is 2.88 bits per heavy atom. The van der Waals surface area contributed by atoms with E-state index in [-0.39, 0.29) is 5.91 Å². The molecule has 0 aromatic heterocycles. The molecule has 1 rings (SSSR count). The first-order chi connectivity index (χ1) is 7.91. The van der Waals surface area contributed by atoms with Crippen LogP contribution in [-0.2, 0) is 4.79 Å². The van der Waals surface area contributed by atoms with Crippen LogP contribution < -0.4 is 5.32 Å². The normalized spacial score (nSPS) is 30.9. The molecule has 1 aliphatic carbocycles. The Bertz CT molecular complexity index is 255. The number of rotatable bonds is 5. The molecule has 0 heterocycles. The Morgan fingerprint density at radius 2 is 2.29 bits per heavy atom. The summed E-state index contributed by atoms with van der Waals surface area (Å²) < 4.78 is 0. The summed E-state index contributed by atoms with van der Waals surface area (Å²) in [5.74, 6) is 0.445. The maximum atomic E-state index is 11.5. The van der Waals surface area contributed by atoms with Crippen LogP contribution in [0.15, 0.2) is 0 Å². The number of aliphatic hydroxyl groups excluding tert-OH is 1. The van der Waals surface area contributed by atoms with E-state index in [1.165, 1.54) is 0 Å². The predicted octanol–water partition coefficient (Wildman–Crippen LogP) is 1.20. The molecule has 1 fully saturated rings. The quantitative estimate of drug-likeness (QED) is 0.679. The molecule has 17 heavy (non-hydrogen) atoms. The lowest BCUT2D eigenvalue weighted by Gasteiger charge is -2.35. The molecular weight excluding hydrogens is 218 g/mol. The van der Waals surface area contributed by atoms with Crippen LogP contribution in [0, 0.1) is 5.92 Å². The molecule has 3 N–H and O–H groups in total. The van der Waals surface area contributed by atoms with Gasteiger partial charge >= 0.3 is 0 Å². The summed E-state index contributed by atoms with van der Waals surface area (Å²) in [5, 5.41) is 22.1. The minimum absolute atomic E-state index is 0.0856. The van der Waals surface area contributed by atoms with Crippen molar-refractivity contribution < 1.29 is 15.0 Å². The molecule has 1 saturated carbocycles. The number of amides is 1. The van der Waals surface area contributed by atoms with Crippen LogP contribution >= 0.6 is 0 Å². The van der Waals surface area contributed by atoms with Crippen LogP contribution in [0.1, 0.15) is 52.4 Å². The van der Waals surface area contributed by atoms with Gasteiger partial charge in [-0.3, -0.25) is 4.79 Å². The molecule has 4 nitrogen and oxygen atoms in total. The van der Waals surface area contributed by atoms with E-state index < -0.39 is 11.7 Å². The van der Waals surface area contributed by atoms with Gasteiger partial charge in [0.15, 0.2) is 0 Å². The standard InChI is InChI=1S/C13H25NO3/c1-10-4-3-7-13(17,8-10)9-14-12(16)6-5-11(2)15/h10-11,15,17H,3-9H2,1-2H3,(H,14,16). The number of hydrogen-bond donors (Lipinski definition) is 3. The second-order valence-electron chi connectivity index (χ2n) is 5.59. The van der Waals surface area contributed by atoms with Gasteiger partial charge in [0, 0.05) is 13.0 Å². The second-order valence-corrected chi connectivity index (χ2v) is 5.59. The zero-order chi connectivity index (χ0) is 12.9. The van der Waals surface area contributed by atoms with Crippen molar-refractivity contribution in [1.29, 1.82) is 0 Å². The average Bonchev–Trinajstić information content (AvgIpc) is 2.23. The molecule has 3 atom stereocenters. The maximum Gasteiger partial charge on any atom is 0.220 e. The van der Waals surface area contributed by atoms with Gasteiger partial charge < -0.3 is 15.5 Å². The highest BCUT2D eigenvalue weighted by atomic mass is 16.3. The van der Waals surface area contributed by atoms with Crippen molar-refractivity contribution in [3.63, 3.8) is 0 Å². The molecule has 3 unspecified atom stereocenters. The predicted molar refractivity (Wildman–Crippen MR) is 66.5 cm³/mol. The Morgan fingerprint density at radius 1 is 1.59 bits per heavy atom. The summed E-state index contributed by atoms with van der Waals surface area (Å²) in [6.07, 6.45) is 4.08. The first kappa shape index (κ1) is 14.5. The van der Waals surface area contributed by atoms with Gasteiger partial charge in [-0.25, -0.2) is 0 Å². The minimum Gasteiger partial charge on any atom is -0.393 e. The highest BCUT2D eigenvalue weighted by Crippen LogP contribution is 2.31. The van der Waals surface area contributed by atoms with Gasteiger partial charge in [0.05, 0.1) is 11.7 Å². The van der Waals surface area contributed by atoms with Gasteiger partial charge in [-0.15, -0.1) is 0 Å². The van der Waals surface area contributed by atoms with Crippen LogP contribution in [0.2, 0.25) is 0 Å². The minimum atomic E-state index is -0.724. The van der Waals surface area contributed by atoms with Crippen LogP contribution in [-0.4, -0.2) is 34.4 Å². The van der Waals surface area contributed by atoms with E-state index in [4.69, 9.17) is 5.11 Å². The summed E-state index contributed by atoms with van der Waals surface area (Å²) >= 11 is 0. The summed E-state index contributed by atoms with van der Waals surface area (Å²) in [5.41, 5.74) is -0.724. The summed E-state index contributed by atoms with van der Waals surface area (Å²) in [7, 11) is 0. The molecule has 1 amide bonds. The third-order valence-electron chi connectivity index (χ3n) is 3.47. The molecule has 1 aliphatic rings. The van der Waals surface area contributed by atoms with E-state index in [1.54, 1.807) is 6.92 Å². The van der Waals surface area contributed by atoms with Gasteiger partial charge in [-0.05, 0) is 32.1 Å². The van der Waals surface area contributed by atoms with Crippen LogP contribution in [0.5, 0.6) is 0 Å². The van der Waals surface area contributed by atoms with E-state index >= 15 is 0 Å². The average molecular weight is 243 g/mol. The lowest BCUT2D eigenvalue weighted by Crippen LogP contribution is -2.45. The van der Waals surface area contributed by atoms with Crippen molar-refractivity contribution in [3.8, 4) is 0 Å². The fourth-order valence-corrected chi connectivity index (χ4v) is 2.48. The molecular formula is C13H25NO3. The van der Waals surface area contributed by atoms with Crippen molar-refractivity contribution >= 4 is 5.91 Å². The van der Waals surface area contributed by atoms with Gasteiger partial charge in [0.25, 0.3) is 0 Å². The highest BCUT2D eigenvalue weighted by Gasteiger charge is 2.32. The van der Waals surface area contributed by atoms with Crippen molar-refractivity contribution in [3.05, 3.63) is 0 Å². The Balaban J connectivity index is 2.26. The SMILES string of the molecule is CC(O)CCC(=O)NCC1(O)CCCC(C)C1. The monoisotopic (exact) mass is 243 g/mol.